The van der Waals surface area contributed by atoms with Crippen molar-refractivity contribution in [2.45, 2.75) is 37.5 Å². The highest BCUT2D eigenvalue weighted by atomic mass is 35.5. The molecule has 1 unspecified atom stereocenters. The summed E-state index contributed by atoms with van der Waals surface area (Å²) in [7, 11) is 0. The van der Waals surface area contributed by atoms with Crippen LogP contribution in [0, 0.1) is 0 Å². The number of nitrogens with two attached hydrogens (primary N) is 2. The van der Waals surface area contributed by atoms with Crippen molar-refractivity contribution >= 4 is 48.4 Å². The summed E-state index contributed by atoms with van der Waals surface area (Å²) in [6.45, 7) is 3.04. The highest BCUT2D eigenvalue weighted by Crippen LogP contribution is 2.22. The fourth-order valence-electron chi connectivity index (χ4n) is 0.993. The summed E-state index contributed by atoms with van der Waals surface area (Å²) >= 11 is 1.08. The van der Waals surface area contributed by atoms with E-state index in [0.29, 0.717) is 5.84 Å². The van der Waals surface area contributed by atoms with Crippen molar-refractivity contribution in [1.29, 1.82) is 0 Å². The van der Waals surface area contributed by atoms with Crippen LogP contribution in [0.4, 0.5) is 8.78 Å². The van der Waals surface area contributed by atoms with Crippen LogP contribution >= 0.6 is 36.6 Å². The lowest BCUT2D eigenvalue weighted by Crippen LogP contribution is -2.47. The molecule has 0 rings (SSSR count). The van der Waals surface area contributed by atoms with Gasteiger partial charge in [-0.15, -0.1) is 24.8 Å². The lowest BCUT2D eigenvalue weighted by Gasteiger charge is -2.22. The molecule has 0 aromatic rings. The van der Waals surface area contributed by atoms with Gasteiger partial charge in [-0.05, 0) is 13.8 Å². The smallest absolute Gasteiger partial charge is 0.324 e. The van der Waals surface area contributed by atoms with E-state index in [1.54, 1.807) is 6.92 Å². The Bertz CT molecular complexity index is 317. The second kappa shape index (κ2) is 11.4. The molecule has 10 heteroatoms. The van der Waals surface area contributed by atoms with Crippen molar-refractivity contribution in [3.8, 4) is 0 Å². The van der Waals surface area contributed by atoms with Crippen LogP contribution in [0.5, 0.6) is 0 Å². The van der Waals surface area contributed by atoms with Gasteiger partial charge in [-0.2, -0.15) is 11.8 Å². The Balaban J connectivity index is -0.00000144. The third-order valence-corrected chi connectivity index (χ3v) is 3.67. The van der Waals surface area contributed by atoms with Crippen LogP contribution in [-0.2, 0) is 4.79 Å². The van der Waals surface area contributed by atoms with Gasteiger partial charge in [0.1, 0.15) is 5.54 Å². The molecule has 2 atom stereocenters. The minimum absolute atomic E-state index is 0. The molecule has 0 aromatic carbocycles. The third-order valence-electron chi connectivity index (χ3n) is 2.09. The number of hydrogen-bond acceptors (Lipinski definition) is 4. The summed E-state index contributed by atoms with van der Waals surface area (Å²) in [5.41, 5.74) is 9.42. The second-order valence-electron chi connectivity index (χ2n) is 4.26. The molecule has 0 fully saturated rings. The van der Waals surface area contributed by atoms with E-state index in [9.17, 15) is 13.6 Å². The molecule has 122 valence electrons. The molecule has 0 aromatic heterocycles. The van der Waals surface area contributed by atoms with Gasteiger partial charge < -0.3 is 16.6 Å². The number of carboxylic acid groups (broad SMARTS) is 1. The standard InChI is InChI=1S/C10H19F2N3O2S.2ClH/c1-6(13)15-4-7(3-8(11)12)18-5-10(2,14)9(16)17;;/h7-8H,3-5,14H2,1-2H3,(H2,13,15)(H,16,17);2*1H/t7?,10-;;/m0../s1. The van der Waals surface area contributed by atoms with E-state index in [1.807, 2.05) is 0 Å². The monoisotopic (exact) mass is 355 g/mol. The van der Waals surface area contributed by atoms with Gasteiger partial charge in [0.2, 0.25) is 6.43 Å². The van der Waals surface area contributed by atoms with Crippen LogP contribution in [0.3, 0.4) is 0 Å². The molecule has 0 saturated heterocycles. The van der Waals surface area contributed by atoms with E-state index in [4.69, 9.17) is 16.6 Å². The topological polar surface area (TPSA) is 102 Å². The predicted octanol–water partition coefficient (Wildman–Crippen LogP) is 1.77. The minimum Gasteiger partial charge on any atom is -0.480 e. The van der Waals surface area contributed by atoms with E-state index >= 15 is 0 Å². The second-order valence-corrected chi connectivity index (χ2v) is 5.55. The first-order valence-corrected chi connectivity index (χ1v) is 6.38. The van der Waals surface area contributed by atoms with Gasteiger partial charge in [0.25, 0.3) is 0 Å². The van der Waals surface area contributed by atoms with Crippen LogP contribution < -0.4 is 11.5 Å². The van der Waals surface area contributed by atoms with E-state index in [1.165, 1.54) is 6.92 Å². The molecule has 5 N–H and O–H groups in total. The van der Waals surface area contributed by atoms with Crippen molar-refractivity contribution in [3.63, 3.8) is 0 Å². The highest BCUT2D eigenvalue weighted by Gasteiger charge is 2.29. The average molecular weight is 356 g/mol. The van der Waals surface area contributed by atoms with Gasteiger partial charge in [0.05, 0.1) is 12.4 Å². The Morgan fingerprint density at radius 2 is 1.95 bits per heavy atom. The summed E-state index contributed by atoms with van der Waals surface area (Å²) in [4.78, 5) is 14.7. The Morgan fingerprint density at radius 3 is 2.30 bits per heavy atom. The van der Waals surface area contributed by atoms with Crippen LogP contribution in [-0.4, -0.2) is 46.4 Å². The Labute approximate surface area is 133 Å². The van der Waals surface area contributed by atoms with Crippen LogP contribution in [0.25, 0.3) is 0 Å². The molecule has 0 radical (unpaired) electrons. The number of carboxylic acids is 1. The molecular weight excluding hydrogens is 335 g/mol. The number of carbonyl (C=O) groups is 1. The molecule has 0 aliphatic rings. The molecular formula is C10H21Cl2F2N3O2S. The van der Waals surface area contributed by atoms with Crippen LogP contribution in [0.2, 0.25) is 0 Å². The van der Waals surface area contributed by atoms with Gasteiger partial charge >= 0.3 is 5.97 Å². The Hall–Kier alpha value is -0.310. The SMILES string of the molecule is CC(N)=NCC(CC(F)F)SC[C@](C)(N)C(=O)O.Cl.Cl. The lowest BCUT2D eigenvalue weighted by molar-refractivity contribution is -0.141. The van der Waals surface area contributed by atoms with Crippen molar-refractivity contribution in [3.05, 3.63) is 0 Å². The number of nitrogens with zero attached hydrogens (tertiary/aromatic N) is 1. The number of rotatable bonds is 8. The molecule has 0 saturated carbocycles. The molecule has 0 heterocycles. The fraction of sp³-hybridized carbons (Fsp3) is 0.800. The average Bonchev–Trinajstić information content (AvgIpc) is 2.21. The lowest BCUT2D eigenvalue weighted by atomic mass is 10.1. The molecule has 0 aliphatic heterocycles. The first-order valence-electron chi connectivity index (χ1n) is 5.33. The summed E-state index contributed by atoms with van der Waals surface area (Å²) in [5, 5.41) is 8.33. The Morgan fingerprint density at radius 1 is 1.45 bits per heavy atom. The molecule has 0 spiro atoms. The van der Waals surface area contributed by atoms with E-state index in [0.717, 1.165) is 11.8 Å². The zero-order valence-corrected chi connectivity index (χ0v) is 13.7. The molecule has 0 amide bonds. The van der Waals surface area contributed by atoms with Crippen molar-refractivity contribution in [2.75, 3.05) is 12.3 Å². The summed E-state index contributed by atoms with van der Waals surface area (Å²) in [6.07, 6.45) is -2.83. The minimum atomic E-state index is -2.47. The van der Waals surface area contributed by atoms with E-state index < -0.39 is 23.2 Å². The quantitative estimate of drug-likeness (QED) is 0.454. The summed E-state index contributed by atoms with van der Waals surface area (Å²) in [6, 6.07) is 0. The fourth-order valence-corrected chi connectivity index (χ4v) is 2.16. The summed E-state index contributed by atoms with van der Waals surface area (Å²) < 4.78 is 24.7. The maximum Gasteiger partial charge on any atom is 0.324 e. The number of alkyl halides is 2. The highest BCUT2D eigenvalue weighted by molar-refractivity contribution is 8.00. The van der Waals surface area contributed by atoms with Gasteiger partial charge in [0, 0.05) is 17.4 Å². The molecule has 20 heavy (non-hydrogen) atoms. The third kappa shape index (κ3) is 11.5. The Kier molecular flexibility index (Phi) is 14.0. The molecule has 5 nitrogen and oxygen atoms in total. The van der Waals surface area contributed by atoms with Gasteiger partial charge in [-0.3, -0.25) is 9.79 Å². The van der Waals surface area contributed by atoms with Gasteiger partial charge in [0.15, 0.2) is 0 Å². The number of amidine groups is 1. The summed E-state index contributed by atoms with van der Waals surface area (Å²) in [5.74, 6) is -0.813. The zero-order chi connectivity index (χ0) is 14.3. The van der Waals surface area contributed by atoms with Crippen molar-refractivity contribution in [1.82, 2.24) is 0 Å². The first kappa shape index (κ1) is 24.7. The maximum absolute atomic E-state index is 12.3. The van der Waals surface area contributed by atoms with Crippen LogP contribution in [0.15, 0.2) is 4.99 Å². The van der Waals surface area contributed by atoms with E-state index in [2.05, 4.69) is 4.99 Å². The predicted molar refractivity (Wildman–Crippen MR) is 83.8 cm³/mol. The normalized spacial score (nSPS) is 15.8. The zero-order valence-electron chi connectivity index (χ0n) is 11.2. The largest absolute Gasteiger partial charge is 0.480 e. The maximum atomic E-state index is 12.3. The first-order chi connectivity index (χ1) is 8.15. The number of hydrogen-bond donors (Lipinski definition) is 3. The molecule has 0 aliphatic carbocycles. The number of aliphatic imine (C=N–C) groups is 1. The number of thioether (sulfide) groups is 1. The number of halogens is 4. The van der Waals surface area contributed by atoms with Crippen LogP contribution in [0.1, 0.15) is 20.3 Å². The van der Waals surface area contributed by atoms with E-state index in [-0.39, 0.29) is 43.5 Å². The van der Waals surface area contributed by atoms with Gasteiger partial charge in [-0.1, -0.05) is 0 Å². The molecule has 0 bridgehead atoms. The van der Waals surface area contributed by atoms with Gasteiger partial charge in [-0.25, -0.2) is 8.78 Å². The van der Waals surface area contributed by atoms with Crippen molar-refractivity contribution in [2.24, 2.45) is 16.5 Å². The number of aliphatic carboxylic acids is 1. The van der Waals surface area contributed by atoms with Crippen molar-refractivity contribution < 1.29 is 18.7 Å².